The molecule has 0 unspecified atom stereocenters. The lowest BCUT2D eigenvalue weighted by molar-refractivity contribution is 0.143. The van der Waals surface area contributed by atoms with E-state index in [9.17, 15) is 0 Å². The Labute approximate surface area is 113 Å². The van der Waals surface area contributed by atoms with Gasteiger partial charge in [0.05, 0.1) is 13.2 Å². The summed E-state index contributed by atoms with van der Waals surface area (Å²) in [7, 11) is 1.62. The Morgan fingerprint density at radius 2 is 2.42 bits per heavy atom. The average Bonchev–Trinajstić information content (AvgIpc) is 2.44. The van der Waals surface area contributed by atoms with Gasteiger partial charge < -0.3 is 20.5 Å². The molecule has 0 bridgehead atoms. The molecule has 6 nitrogen and oxygen atoms in total. The van der Waals surface area contributed by atoms with Crippen LogP contribution in [0.5, 0.6) is 5.88 Å². The SMILES string of the molecule is C=CCNC(N)=NCc1cccnc1OCCOC. The van der Waals surface area contributed by atoms with E-state index in [-0.39, 0.29) is 0 Å². The number of rotatable bonds is 8. The Bertz CT molecular complexity index is 421. The van der Waals surface area contributed by atoms with E-state index in [0.717, 1.165) is 5.56 Å². The molecular weight excluding hydrogens is 244 g/mol. The van der Waals surface area contributed by atoms with E-state index in [1.54, 1.807) is 19.4 Å². The predicted molar refractivity (Wildman–Crippen MR) is 75.1 cm³/mol. The third-order valence-corrected chi connectivity index (χ3v) is 2.22. The first kappa shape index (κ1) is 15.0. The van der Waals surface area contributed by atoms with Gasteiger partial charge in [0.1, 0.15) is 6.61 Å². The Morgan fingerprint density at radius 1 is 1.58 bits per heavy atom. The van der Waals surface area contributed by atoms with Crippen LogP contribution in [-0.4, -0.2) is 37.8 Å². The van der Waals surface area contributed by atoms with Gasteiger partial charge in [-0.15, -0.1) is 6.58 Å². The van der Waals surface area contributed by atoms with Gasteiger partial charge in [0.2, 0.25) is 5.88 Å². The van der Waals surface area contributed by atoms with Gasteiger partial charge in [0.25, 0.3) is 0 Å². The molecule has 1 rings (SSSR count). The van der Waals surface area contributed by atoms with Crippen molar-refractivity contribution in [3.63, 3.8) is 0 Å². The molecule has 0 aliphatic carbocycles. The highest BCUT2D eigenvalue weighted by Gasteiger charge is 2.04. The number of pyridine rings is 1. The van der Waals surface area contributed by atoms with Crippen LogP contribution in [0, 0.1) is 0 Å². The summed E-state index contributed by atoms with van der Waals surface area (Å²) in [5.41, 5.74) is 6.57. The summed E-state index contributed by atoms with van der Waals surface area (Å²) in [5.74, 6) is 0.923. The first-order valence-corrected chi connectivity index (χ1v) is 5.98. The van der Waals surface area contributed by atoms with Gasteiger partial charge in [-0.05, 0) is 6.07 Å². The van der Waals surface area contributed by atoms with Crippen molar-refractivity contribution in [3.8, 4) is 5.88 Å². The molecule has 0 aromatic carbocycles. The summed E-state index contributed by atoms with van der Waals surface area (Å²) in [5, 5.41) is 2.90. The minimum Gasteiger partial charge on any atom is -0.475 e. The Morgan fingerprint density at radius 3 is 3.16 bits per heavy atom. The second-order valence-electron chi connectivity index (χ2n) is 3.68. The minimum absolute atomic E-state index is 0.367. The van der Waals surface area contributed by atoms with Crippen LogP contribution in [0.2, 0.25) is 0 Å². The highest BCUT2D eigenvalue weighted by molar-refractivity contribution is 5.77. The molecule has 0 spiro atoms. The fourth-order valence-electron chi connectivity index (χ4n) is 1.30. The first-order valence-electron chi connectivity index (χ1n) is 5.98. The number of nitrogens with two attached hydrogens (primary N) is 1. The zero-order valence-electron chi connectivity index (χ0n) is 11.1. The topological polar surface area (TPSA) is 81.8 Å². The molecule has 6 heteroatoms. The summed E-state index contributed by atoms with van der Waals surface area (Å²) < 4.78 is 10.4. The molecule has 0 atom stereocenters. The van der Waals surface area contributed by atoms with E-state index in [0.29, 0.717) is 38.1 Å². The number of methoxy groups -OCH3 is 1. The number of nitrogens with zero attached hydrogens (tertiary/aromatic N) is 2. The van der Waals surface area contributed by atoms with Crippen LogP contribution in [0.4, 0.5) is 0 Å². The third-order valence-electron chi connectivity index (χ3n) is 2.22. The van der Waals surface area contributed by atoms with Gasteiger partial charge in [-0.1, -0.05) is 12.1 Å². The number of ether oxygens (including phenoxy) is 2. The molecule has 104 valence electrons. The van der Waals surface area contributed by atoms with Crippen molar-refractivity contribution < 1.29 is 9.47 Å². The molecule has 0 amide bonds. The zero-order valence-corrected chi connectivity index (χ0v) is 11.1. The normalized spacial score (nSPS) is 11.1. The van der Waals surface area contributed by atoms with Crippen molar-refractivity contribution in [3.05, 3.63) is 36.5 Å². The fourth-order valence-corrected chi connectivity index (χ4v) is 1.30. The van der Waals surface area contributed by atoms with Crippen LogP contribution in [0.25, 0.3) is 0 Å². The quantitative estimate of drug-likeness (QED) is 0.312. The van der Waals surface area contributed by atoms with Crippen LogP contribution < -0.4 is 15.8 Å². The smallest absolute Gasteiger partial charge is 0.218 e. The van der Waals surface area contributed by atoms with Crippen molar-refractivity contribution in [2.75, 3.05) is 26.9 Å². The monoisotopic (exact) mass is 264 g/mol. The van der Waals surface area contributed by atoms with E-state index in [4.69, 9.17) is 15.2 Å². The van der Waals surface area contributed by atoms with E-state index >= 15 is 0 Å². The minimum atomic E-state index is 0.367. The van der Waals surface area contributed by atoms with E-state index in [1.807, 2.05) is 12.1 Å². The molecule has 1 heterocycles. The van der Waals surface area contributed by atoms with Gasteiger partial charge in [0.15, 0.2) is 5.96 Å². The lowest BCUT2D eigenvalue weighted by Gasteiger charge is -2.08. The number of hydrogen-bond acceptors (Lipinski definition) is 4. The Kier molecular flexibility index (Phi) is 7.04. The van der Waals surface area contributed by atoms with Crippen LogP contribution in [0.3, 0.4) is 0 Å². The number of guanidine groups is 1. The summed E-state index contributed by atoms with van der Waals surface area (Å²) >= 11 is 0. The summed E-state index contributed by atoms with van der Waals surface area (Å²) in [4.78, 5) is 8.37. The molecule has 1 aromatic rings. The molecule has 1 aromatic heterocycles. The predicted octanol–water partition coefficient (Wildman–Crippen LogP) is 0.697. The summed E-state index contributed by atoms with van der Waals surface area (Å²) in [6.07, 6.45) is 3.39. The lowest BCUT2D eigenvalue weighted by Crippen LogP contribution is -2.31. The number of aliphatic imine (C=N–C) groups is 1. The fraction of sp³-hybridized carbons (Fsp3) is 0.385. The maximum Gasteiger partial charge on any atom is 0.218 e. The van der Waals surface area contributed by atoms with Crippen molar-refractivity contribution in [1.29, 1.82) is 0 Å². The van der Waals surface area contributed by atoms with Crippen molar-refractivity contribution in [2.24, 2.45) is 10.7 Å². The number of nitrogens with one attached hydrogen (secondary N) is 1. The largest absolute Gasteiger partial charge is 0.475 e. The number of aromatic nitrogens is 1. The molecular formula is C13H20N4O2. The molecule has 3 N–H and O–H groups in total. The summed E-state index contributed by atoms with van der Waals surface area (Å²) in [6, 6.07) is 3.74. The van der Waals surface area contributed by atoms with E-state index < -0.39 is 0 Å². The third kappa shape index (κ3) is 5.87. The second kappa shape index (κ2) is 8.93. The maximum absolute atomic E-state index is 5.69. The van der Waals surface area contributed by atoms with Crippen LogP contribution >= 0.6 is 0 Å². The standard InChI is InChI=1S/C13H20N4O2/c1-3-6-16-13(14)17-10-11-5-4-7-15-12(11)19-9-8-18-2/h3-5,7H,1,6,8-10H2,2H3,(H3,14,16,17). The van der Waals surface area contributed by atoms with Gasteiger partial charge in [-0.25, -0.2) is 9.98 Å². The lowest BCUT2D eigenvalue weighted by atomic mass is 10.3. The second-order valence-corrected chi connectivity index (χ2v) is 3.68. The Balaban J connectivity index is 2.59. The highest BCUT2D eigenvalue weighted by atomic mass is 16.5. The van der Waals surface area contributed by atoms with Gasteiger partial charge in [0, 0.05) is 25.4 Å². The zero-order chi connectivity index (χ0) is 13.9. The number of hydrogen-bond donors (Lipinski definition) is 2. The van der Waals surface area contributed by atoms with Gasteiger partial charge >= 0.3 is 0 Å². The van der Waals surface area contributed by atoms with Gasteiger partial charge in [-0.2, -0.15) is 0 Å². The van der Waals surface area contributed by atoms with Crippen molar-refractivity contribution in [1.82, 2.24) is 10.3 Å². The average molecular weight is 264 g/mol. The molecule has 0 radical (unpaired) electrons. The van der Waals surface area contributed by atoms with Crippen LogP contribution in [0.1, 0.15) is 5.56 Å². The molecule has 0 aliphatic rings. The molecule has 19 heavy (non-hydrogen) atoms. The van der Waals surface area contributed by atoms with E-state index in [2.05, 4.69) is 21.9 Å². The first-order chi connectivity index (χ1) is 9.27. The molecule has 0 fully saturated rings. The molecule has 0 saturated heterocycles. The highest BCUT2D eigenvalue weighted by Crippen LogP contribution is 2.15. The van der Waals surface area contributed by atoms with Gasteiger partial charge in [-0.3, -0.25) is 0 Å². The van der Waals surface area contributed by atoms with Crippen molar-refractivity contribution >= 4 is 5.96 Å². The molecule has 0 saturated carbocycles. The van der Waals surface area contributed by atoms with Crippen LogP contribution in [-0.2, 0) is 11.3 Å². The maximum atomic E-state index is 5.69. The summed E-state index contributed by atoms with van der Waals surface area (Å²) in [6.45, 7) is 5.55. The van der Waals surface area contributed by atoms with Crippen LogP contribution in [0.15, 0.2) is 36.0 Å². The van der Waals surface area contributed by atoms with Crippen molar-refractivity contribution in [2.45, 2.75) is 6.54 Å². The molecule has 0 aliphatic heterocycles. The Hall–Kier alpha value is -2.08. The van der Waals surface area contributed by atoms with E-state index in [1.165, 1.54) is 0 Å².